The molecule has 0 saturated heterocycles. The number of esters is 3. The number of unbranched alkanes of at least 4 members (excludes halogenated alkanes) is 20. The predicted octanol–water partition coefficient (Wildman–Crippen LogP) is 20.5. The van der Waals surface area contributed by atoms with Gasteiger partial charge in [0, 0.05) is 19.3 Å². The van der Waals surface area contributed by atoms with Crippen LogP contribution in [0.1, 0.15) is 265 Å². The van der Waals surface area contributed by atoms with Crippen molar-refractivity contribution in [1.29, 1.82) is 0 Å². The normalized spacial score (nSPS) is 15.0. The van der Waals surface area contributed by atoms with Gasteiger partial charge in [-0.3, -0.25) is 32.5 Å². The van der Waals surface area contributed by atoms with Gasteiger partial charge in [-0.15, -0.1) is 0 Å². The first-order chi connectivity index (χ1) is 46.2. The fourth-order valence-electron chi connectivity index (χ4n) is 9.06. The molecule has 0 saturated carbocycles. The molecule has 4 N–H and O–H groups in total. The Bertz CT molecular complexity index is 2310. The lowest BCUT2D eigenvalue weighted by Gasteiger charge is -2.21. The van der Waals surface area contributed by atoms with Crippen molar-refractivity contribution in [3.05, 3.63) is 146 Å². The minimum atomic E-state index is -4.94. The minimum absolute atomic E-state index is 0.0687. The molecule has 0 radical (unpaired) electrons. The standard InChI is InChI=1S/C77H128O16P2/c1-4-7-10-13-16-19-22-25-28-31-33-34-35-36-38-41-42-45-48-51-54-57-60-63-75(80)87-66-72(78)67-89-94(83,84)90-68-73(79)69-91-95(85,86)92-71-74(93-77(82)65-62-59-56-53-50-47-44-39-30-27-24-21-18-15-12-9-6-3)70-88-76(81)64-61-58-55-52-49-46-43-40-37-32-29-26-23-20-17-14-11-8-5-2/h7,9-10,12,16-21,25-30,33-34,36-38,40,44,47,72-74,78-79H,4-6,8,11,13-15,22-24,31-32,35,39,41-43,45-46,48-71H2,1-3H3,(H,83,84)(H,85,86)/b10-7-,12-9-,19-16-,20-17-,21-18-,28-25-,29-26-,30-27-,34-33-,38-36-,40-37-,47-44-. The third kappa shape index (κ3) is 70.6. The number of hydrogen-bond acceptors (Lipinski definition) is 14. The van der Waals surface area contributed by atoms with E-state index in [0.717, 1.165) is 186 Å². The molecule has 0 aromatic rings. The van der Waals surface area contributed by atoms with E-state index in [1.54, 1.807) is 0 Å². The third-order valence-corrected chi connectivity index (χ3v) is 16.4. The first kappa shape index (κ1) is 90.4. The number of aliphatic hydroxyl groups is 2. The molecule has 0 aliphatic rings. The number of allylic oxidation sites excluding steroid dienone is 24. The lowest BCUT2D eigenvalue weighted by molar-refractivity contribution is -0.161. The molecule has 5 unspecified atom stereocenters. The molecule has 0 amide bonds. The maximum absolute atomic E-state index is 12.9. The van der Waals surface area contributed by atoms with Crippen LogP contribution in [0.3, 0.4) is 0 Å². The number of ether oxygens (including phenoxy) is 3. The Morgan fingerprint density at radius 3 is 0.884 bits per heavy atom. The van der Waals surface area contributed by atoms with Crippen LogP contribution in [0.5, 0.6) is 0 Å². The van der Waals surface area contributed by atoms with Crippen molar-refractivity contribution in [2.45, 2.75) is 283 Å². The summed E-state index contributed by atoms with van der Waals surface area (Å²) in [6.07, 6.45) is 83.1. The van der Waals surface area contributed by atoms with E-state index < -0.39 is 91.5 Å². The summed E-state index contributed by atoms with van der Waals surface area (Å²) < 4.78 is 61.0. The Morgan fingerprint density at radius 1 is 0.305 bits per heavy atom. The number of hydrogen-bond donors (Lipinski definition) is 4. The molecule has 0 spiro atoms. The van der Waals surface area contributed by atoms with E-state index in [4.69, 9.17) is 32.3 Å². The van der Waals surface area contributed by atoms with Crippen molar-refractivity contribution >= 4 is 33.6 Å². The molecular formula is C77H128O16P2. The number of phosphoric ester groups is 2. The maximum Gasteiger partial charge on any atom is 0.472 e. The van der Waals surface area contributed by atoms with Crippen LogP contribution in [0.4, 0.5) is 0 Å². The molecule has 0 aromatic carbocycles. The van der Waals surface area contributed by atoms with Gasteiger partial charge in [0.2, 0.25) is 0 Å². The van der Waals surface area contributed by atoms with E-state index in [9.17, 15) is 43.5 Å². The fourth-order valence-corrected chi connectivity index (χ4v) is 10.6. The van der Waals surface area contributed by atoms with E-state index in [-0.39, 0.29) is 19.3 Å². The zero-order chi connectivity index (χ0) is 69.5. The van der Waals surface area contributed by atoms with Crippen LogP contribution >= 0.6 is 15.6 Å². The summed E-state index contributed by atoms with van der Waals surface area (Å²) in [6, 6.07) is 0. The smallest absolute Gasteiger partial charge is 0.463 e. The molecule has 0 fully saturated rings. The summed E-state index contributed by atoms with van der Waals surface area (Å²) >= 11 is 0. The number of aliphatic hydroxyl groups excluding tert-OH is 2. The second-order valence-corrected chi connectivity index (χ2v) is 26.5. The highest BCUT2D eigenvalue weighted by atomic mass is 31.2. The van der Waals surface area contributed by atoms with Crippen LogP contribution in [0, 0.1) is 0 Å². The van der Waals surface area contributed by atoms with Gasteiger partial charge in [0.1, 0.15) is 25.4 Å². The Kier molecular flexibility index (Phi) is 66.0. The van der Waals surface area contributed by atoms with Crippen molar-refractivity contribution < 1.29 is 75.8 Å². The molecule has 0 aliphatic heterocycles. The largest absolute Gasteiger partial charge is 0.472 e. The first-order valence-corrected chi connectivity index (χ1v) is 39.1. The second kappa shape index (κ2) is 69.3. The van der Waals surface area contributed by atoms with Crippen molar-refractivity contribution in [3.8, 4) is 0 Å². The van der Waals surface area contributed by atoms with Gasteiger partial charge in [-0.25, -0.2) is 9.13 Å². The van der Waals surface area contributed by atoms with Gasteiger partial charge >= 0.3 is 33.6 Å². The van der Waals surface area contributed by atoms with Crippen molar-refractivity contribution in [2.75, 3.05) is 39.6 Å². The first-order valence-electron chi connectivity index (χ1n) is 36.1. The average molecular weight is 1370 g/mol. The summed E-state index contributed by atoms with van der Waals surface area (Å²) in [7, 11) is -9.81. The zero-order valence-electron chi connectivity index (χ0n) is 58.8. The molecule has 0 bridgehead atoms. The zero-order valence-corrected chi connectivity index (χ0v) is 60.6. The van der Waals surface area contributed by atoms with Crippen molar-refractivity contribution in [3.63, 3.8) is 0 Å². The van der Waals surface area contributed by atoms with Gasteiger partial charge in [0.05, 0.1) is 26.4 Å². The van der Waals surface area contributed by atoms with Crippen LogP contribution in [0.25, 0.3) is 0 Å². The minimum Gasteiger partial charge on any atom is -0.463 e. The molecule has 95 heavy (non-hydrogen) atoms. The molecule has 0 heterocycles. The maximum atomic E-state index is 12.9. The number of carbonyl (C=O) groups excluding carboxylic acids is 3. The predicted molar refractivity (Wildman–Crippen MR) is 389 cm³/mol. The van der Waals surface area contributed by atoms with E-state index in [1.165, 1.54) is 19.3 Å². The molecule has 0 aliphatic carbocycles. The topological polar surface area (TPSA) is 231 Å². The van der Waals surface area contributed by atoms with Gasteiger partial charge < -0.3 is 34.2 Å². The van der Waals surface area contributed by atoms with Crippen molar-refractivity contribution in [2.24, 2.45) is 0 Å². The van der Waals surface area contributed by atoms with E-state index in [0.29, 0.717) is 19.3 Å². The lowest BCUT2D eigenvalue weighted by atomic mass is 10.1. The molecule has 5 atom stereocenters. The van der Waals surface area contributed by atoms with Crippen LogP contribution in [-0.4, -0.2) is 95.9 Å². The monoisotopic (exact) mass is 1370 g/mol. The van der Waals surface area contributed by atoms with E-state index >= 15 is 0 Å². The number of carbonyl (C=O) groups is 3. The third-order valence-electron chi connectivity index (χ3n) is 14.5. The highest BCUT2D eigenvalue weighted by Gasteiger charge is 2.29. The van der Waals surface area contributed by atoms with Crippen LogP contribution in [0.15, 0.2) is 146 Å². The highest BCUT2D eigenvalue weighted by Crippen LogP contribution is 2.45. The molecule has 16 nitrogen and oxygen atoms in total. The Labute approximate surface area is 575 Å². The van der Waals surface area contributed by atoms with Gasteiger partial charge in [-0.2, -0.15) is 0 Å². The quantitative estimate of drug-likeness (QED) is 0.0146. The Balaban J connectivity index is 4.70. The fraction of sp³-hybridized carbons (Fsp3) is 0.649. The Morgan fingerprint density at radius 2 is 0.558 bits per heavy atom. The van der Waals surface area contributed by atoms with Crippen molar-refractivity contribution in [1.82, 2.24) is 0 Å². The summed E-state index contributed by atoms with van der Waals surface area (Å²) in [5.74, 6) is -1.63. The van der Waals surface area contributed by atoms with Crippen LogP contribution in [0.2, 0.25) is 0 Å². The van der Waals surface area contributed by atoms with Gasteiger partial charge in [0.25, 0.3) is 0 Å². The van der Waals surface area contributed by atoms with Crippen LogP contribution in [-0.2, 0) is 55.8 Å². The number of rotatable bonds is 67. The van der Waals surface area contributed by atoms with Gasteiger partial charge in [0.15, 0.2) is 6.10 Å². The molecule has 0 rings (SSSR count). The molecule has 542 valence electrons. The summed E-state index contributed by atoms with van der Waals surface area (Å²) in [5, 5.41) is 20.6. The molecular weight excluding hydrogens is 1240 g/mol. The van der Waals surface area contributed by atoms with Gasteiger partial charge in [-0.05, 0) is 141 Å². The lowest BCUT2D eigenvalue weighted by Crippen LogP contribution is -2.30. The van der Waals surface area contributed by atoms with Crippen LogP contribution < -0.4 is 0 Å². The average Bonchev–Trinajstić information content (AvgIpc) is 2.05. The highest BCUT2D eigenvalue weighted by molar-refractivity contribution is 7.47. The molecule has 18 heteroatoms. The molecule has 0 aromatic heterocycles. The summed E-state index contributed by atoms with van der Waals surface area (Å²) in [6.45, 7) is 2.35. The van der Waals surface area contributed by atoms with E-state index in [1.807, 2.05) is 0 Å². The summed E-state index contributed by atoms with van der Waals surface area (Å²) in [5.41, 5.74) is 0. The van der Waals surface area contributed by atoms with Gasteiger partial charge in [-0.1, -0.05) is 250 Å². The Hall–Kier alpha value is -4.57. The SMILES string of the molecule is CC/C=C\C/C=C\C/C=C\C/C=C\C/C=C\CCCCCCCCCC(=O)OCC(O)COP(=O)(O)OCC(O)COP(=O)(O)OCC(COC(=O)CCCCCCCC/C=C\C/C=C\C/C=C\CCCCC)OC(=O)CCCCCC/C=C\C/C=C\C/C=C\C/C=C\CC. The van der Waals surface area contributed by atoms with E-state index in [2.05, 4.69) is 167 Å². The number of phosphoric acid groups is 2. The second-order valence-electron chi connectivity index (χ2n) is 23.6. The summed E-state index contributed by atoms with van der Waals surface area (Å²) in [4.78, 5) is 58.5.